The van der Waals surface area contributed by atoms with E-state index in [9.17, 15) is 19.1 Å². The summed E-state index contributed by atoms with van der Waals surface area (Å²) in [5.41, 5.74) is 5.29. The predicted molar refractivity (Wildman–Crippen MR) is 93.7 cm³/mol. The lowest BCUT2D eigenvalue weighted by atomic mass is 10.2. The molecule has 26 heavy (non-hydrogen) atoms. The average Bonchev–Trinajstić information content (AvgIpc) is 3.23. The molecular formula is C16H10FN5O3S. The third kappa shape index (κ3) is 2.52. The summed E-state index contributed by atoms with van der Waals surface area (Å²) in [6.45, 7) is 0. The number of rotatable bonds is 3. The van der Waals surface area contributed by atoms with Crippen LogP contribution in [0.2, 0.25) is 0 Å². The summed E-state index contributed by atoms with van der Waals surface area (Å²) in [4.78, 5) is 32.0. The number of carboxylic acids is 1. The van der Waals surface area contributed by atoms with Crippen LogP contribution in [0, 0.1) is 5.95 Å². The first-order valence-electron chi connectivity index (χ1n) is 7.29. The Labute approximate surface area is 148 Å². The quantitative estimate of drug-likeness (QED) is 0.569. The van der Waals surface area contributed by atoms with Crippen LogP contribution in [0.15, 0.2) is 47.0 Å². The van der Waals surface area contributed by atoms with Gasteiger partial charge in [0.05, 0.1) is 5.39 Å². The first kappa shape index (κ1) is 16.0. The SMILES string of the molecule is Nc1ccn(-c2ccc3c(=O)c(C(=O)O)cn(-c4nc(F)cs4)c3n2)c1. The zero-order chi connectivity index (χ0) is 18.4. The monoisotopic (exact) mass is 371 g/mol. The molecule has 0 aliphatic rings. The Kier molecular flexibility index (Phi) is 3.55. The molecule has 10 heteroatoms. The lowest BCUT2D eigenvalue weighted by molar-refractivity contribution is 0.0695. The third-order valence-corrected chi connectivity index (χ3v) is 4.53. The first-order valence-corrected chi connectivity index (χ1v) is 8.17. The van der Waals surface area contributed by atoms with Gasteiger partial charge < -0.3 is 15.4 Å². The molecule has 4 aromatic heterocycles. The molecule has 0 saturated carbocycles. The maximum Gasteiger partial charge on any atom is 0.341 e. The van der Waals surface area contributed by atoms with Gasteiger partial charge in [0.25, 0.3) is 0 Å². The van der Waals surface area contributed by atoms with Crippen molar-refractivity contribution in [3.8, 4) is 10.9 Å². The molecule has 0 aliphatic heterocycles. The highest BCUT2D eigenvalue weighted by Gasteiger charge is 2.18. The van der Waals surface area contributed by atoms with Gasteiger partial charge in [-0.1, -0.05) is 0 Å². The fourth-order valence-corrected chi connectivity index (χ4v) is 3.19. The Balaban J connectivity index is 2.06. The van der Waals surface area contributed by atoms with E-state index in [2.05, 4.69) is 9.97 Å². The van der Waals surface area contributed by atoms with Gasteiger partial charge in [0.2, 0.25) is 11.4 Å². The largest absolute Gasteiger partial charge is 0.477 e. The number of fused-ring (bicyclic) bond motifs is 1. The number of nitrogens with zero attached hydrogens (tertiary/aromatic N) is 4. The van der Waals surface area contributed by atoms with Crippen molar-refractivity contribution in [3.63, 3.8) is 0 Å². The van der Waals surface area contributed by atoms with Crippen molar-refractivity contribution in [1.82, 2.24) is 19.1 Å². The second-order valence-corrected chi connectivity index (χ2v) is 6.23. The van der Waals surface area contributed by atoms with E-state index in [-0.39, 0.29) is 16.2 Å². The summed E-state index contributed by atoms with van der Waals surface area (Å²) in [6, 6.07) is 4.73. The third-order valence-electron chi connectivity index (χ3n) is 3.72. The molecule has 0 bridgehead atoms. The molecule has 130 valence electrons. The minimum absolute atomic E-state index is 0.0874. The summed E-state index contributed by atoms with van der Waals surface area (Å²) in [5, 5.41) is 10.7. The van der Waals surface area contributed by atoms with E-state index in [4.69, 9.17) is 5.73 Å². The van der Waals surface area contributed by atoms with Crippen molar-refractivity contribution in [1.29, 1.82) is 0 Å². The lowest BCUT2D eigenvalue weighted by Crippen LogP contribution is -2.19. The van der Waals surface area contributed by atoms with Crippen LogP contribution in [0.1, 0.15) is 10.4 Å². The number of carboxylic acid groups (broad SMARTS) is 1. The number of halogens is 1. The summed E-state index contributed by atoms with van der Waals surface area (Å²) in [5.74, 6) is -1.63. The van der Waals surface area contributed by atoms with Gasteiger partial charge in [-0.2, -0.15) is 9.37 Å². The van der Waals surface area contributed by atoms with Crippen molar-refractivity contribution in [2.24, 2.45) is 0 Å². The summed E-state index contributed by atoms with van der Waals surface area (Å²) in [6.07, 6.45) is 4.44. The van der Waals surface area contributed by atoms with Gasteiger partial charge in [-0.3, -0.25) is 9.36 Å². The number of carbonyl (C=O) groups is 1. The van der Waals surface area contributed by atoms with Crippen LogP contribution >= 0.6 is 11.3 Å². The molecule has 0 aromatic carbocycles. The number of anilines is 1. The molecule has 0 fully saturated rings. The van der Waals surface area contributed by atoms with Gasteiger partial charge in [0.1, 0.15) is 11.4 Å². The van der Waals surface area contributed by atoms with Crippen molar-refractivity contribution < 1.29 is 14.3 Å². The lowest BCUT2D eigenvalue weighted by Gasteiger charge is -2.10. The standard InChI is InChI=1S/C16H10FN5O3S/c17-11-7-26-16(19-11)22-6-10(15(24)25)13(23)9-1-2-12(20-14(9)22)21-4-3-8(18)5-21/h1-7H,18H2,(H,24,25). The number of nitrogens with two attached hydrogens (primary N) is 1. The number of nitrogen functional groups attached to an aromatic ring is 1. The number of hydrogen-bond acceptors (Lipinski definition) is 6. The topological polar surface area (TPSA) is 116 Å². The molecule has 0 radical (unpaired) electrons. The van der Waals surface area contributed by atoms with Crippen LogP contribution in [0.25, 0.3) is 22.0 Å². The molecule has 3 N–H and O–H groups in total. The number of pyridine rings is 2. The van der Waals surface area contributed by atoms with Crippen molar-refractivity contribution >= 4 is 34.0 Å². The second kappa shape index (κ2) is 5.77. The summed E-state index contributed by atoms with van der Waals surface area (Å²) < 4.78 is 16.3. The van der Waals surface area contributed by atoms with Crippen LogP contribution in [0.3, 0.4) is 0 Å². The molecule has 0 saturated heterocycles. The van der Waals surface area contributed by atoms with Crippen LogP contribution in [-0.2, 0) is 0 Å². The second-order valence-electron chi connectivity index (χ2n) is 5.39. The normalized spacial score (nSPS) is 11.1. The van der Waals surface area contributed by atoms with Crippen molar-refractivity contribution in [2.45, 2.75) is 0 Å². The molecule has 0 unspecified atom stereocenters. The van der Waals surface area contributed by atoms with Crippen molar-refractivity contribution in [3.05, 3.63) is 63.9 Å². The number of hydrogen-bond donors (Lipinski definition) is 2. The van der Waals surface area contributed by atoms with Crippen molar-refractivity contribution in [2.75, 3.05) is 5.73 Å². The minimum atomic E-state index is -1.38. The van der Waals surface area contributed by atoms with E-state index in [1.54, 1.807) is 29.1 Å². The van der Waals surface area contributed by atoms with Gasteiger partial charge in [0, 0.05) is 29.7 Å². The average molecular weight is 371 g/mol. The van der Waals surface area contributed by atoms with E-state index in [1.807, 2.05) is 0 Å². The van der Waals surface area contributed by atoms with Gasteiger partial charge in [-0.05, 0) is 18.2 Å². The smallest absolute Gasteiger partial charge is 0.341 e. The molecule has 4 aromatic rings. The first-order chi connectivity index (χ1) is 12.4. The van der Waals surface area contributed by atoms with Gasteiger partial charge in [-0.25, -0.2) is 9.78 Å². The Bertz CT molecular complexity index is 1230. The maximum atomic E-state index is 13.4. The van der Waals surface area contributed by atoms with E-state index < -0.39 is 22.9 Å². The van der Waals surface area contributed by atoms with Crippen LogP contribution in [0.4, 0.5) is 10.1 Å². The highest BCUT2D eigenvalue weighted by Crippen LogP contribution is 2.21. The fraction of sp³-hybridized carbons (Fsp3) is 0. The van der Waals surface area contributed by atoms with Crippen LogP contribution in [-0.4, -0.2) is 30.2 Å². The van der Waals surface area contributed by atoms with Gasteiger partial charge in [-0.15, -0.1) is 11.3 Å². The fourth-order valence-electron chi connectivity index (χ4n) is 2.55. The van der Waals surface area contributed by atoms with E-state index in [0.717, 1.165) is 17.5 Å². The number of aromatic nitrogens is 4. The number of aromatic carboxylic acids is 1. The van der Waals surface area contributed by atoms with E-state index in [1.165, 1.54) is 16.0 Å². The Morgan fingerprint density at radius 3 is 2.65 bits per heavy atom. The summed E-state index contributed by atoms with van der Waals surface area (Å²) in [7, 11) is 0. The van der Waals surface area contributed by atoms with Crippen LogP contribution in [0.5, 0.6) is 0 Å². The Morgan fingerprint density at radius 1 is 1.23 bits per heavy atom. The predicted octanol–water partition coefficient (Wildman–Crippen LogP) is 2.05. The highest BCUT2D eigenvalue weighted by molar-refractivity contribution is 7.12. The van der Waals surface area contributed by atoms with Gasteiger partial charge in [0.15, 0.2) is 10.8 Å². The minimum Gasteiger partial charge on any atom is -0.477 e. The molecule has 4 heterocycles. The van der Waals surface area contributed by atoms with Crippen LogP contribution < -0.4 is 11.2 Å². The molecule has 0 atom stereocenters. The molecule has 4 rings (SSSR count). The van der Waals surface area contributed by atoms with E-state index in [0.29, 0.717) is 11.5 Å². The molecule has 0 spiro atoms. The van der Waals surface area contributed by atoms with E-state index >= 15 is 0 Å². The number of thiazole rings is 1. The molecular weight excluding hydrogens is 361 g/mol. The Hall–Kier alpha value is -3.53. The summed E-state index contributed by atoms with van der Waals surface area (Å²) >= 11 is 0.965. The highest BCUT2D eigenvalue weighted by atomic mass is 32.1. The molecule has 8 nitrogen and oxygen atoms in total. The maximum absolute atomic E-state index is 13.4. The Morgan fingerprint density at radius 2 is 2.04 bits per heavy atom. The zero-order valence-corrected chi connectivity index (χ0v) is 13.8. The van der Waals surface area contributed by atoms with Gasteiger partial charge >= 0.3 is 5.97 Å². The molecule has 0 amide bonds. The zero-order valence-electron chi connectivity index (χ0n) is 13.0. The molecule has 0 aliphatic carbocycles.